The molecule has 0 unspecified atom stereocenters. The van der Waals surface area contributed by atoms with Crippen molar-refractivity contribution >= 4 is 29.0 Å². The third kappa shape index (κ3) is 5.81. The van der Waals surface area contributed by atoms with Gasteiger partial charge in [-0.25, -0.2) is 14.8 Å². The van der Waals surface area contributed by atoms with Crippen molar-refractivity contribution in [2.45, 2.75) is 71.9 Å². The van der Waals surface area contributed by atoms with Crippen LogP contribution in [0.4, 0.5) is 5.82 Å². The van der Waals surface area contributed by atoms with E-state index in [1.165, 1.54) is 11.3 Å². The lowest BCUT2D eigenvalue weighted by atomic mass is 10.1. The summed E-state index contributed by atoms with van der Waals surface area (Å²) in [6.07, 6.45) is 5.41. The second kappa shape index (κ2) is 9.77. The van der Waals surface area contributed by atoms with Gasteiger partial charge in [0.1, 0.15) is 11.5 Å². The number of likely N-dealkylation sites (tertiary alicyclic amines) is 1. The third-order valence-corrected chi connectivity index (χ3v) is 6.16. The number of aromatic nitrogens is 2. The maximum atomic E-state index is 13.3. The van der Waals surface area contributed by atoms with E-state index in [-0.39, 0.29) is 22.5 Å². The Balaban J connectivity index is 1.93. The smallest absolute Gasteiger partial charge is 0.367 e. The molecule has 7 nitrogen and oxygen atoms in total. The van der Waals surface area contributed by atoms with E-state index >= 15 is 0 Å². The van der Waals surface area contributed by atoms with E-state index in [9.17, 15) is 9.59 Å². The Kier molecular flexibility index (Phi) is 7.30. The molecule has 1 atom stereocenters. The van der Waals surface area contributed by atoms with Crippen molar-refractivity contribution in [2.75, 3.05) is 18.5 Å². The molecular weight excluding hydrogens is 412 g/mol. The van der Waals surface area contributed by atoms with Gasteiger partial charge in [-0.15, -0.1) is 11.3 Å². The van der Waals surface area contributed by atoms with Gasteiger partial charge in [0.05, 0.1) is 11.5 Å². The van der Waals surface area contributed by atoms with Crippen LogP contribution in [0.2, 0.25) is 0 Å². The van der Waals surface area contributed by atoms with Crippen LogP contribution >= 0.6 is 11.3 Å². The molecule has 3 heterocycles. The van der Waals surface area contributed by atoms with Crippen LogP contribution in [0.3, 0.4) is 0 Å². The van der Waals surface area contributed by atoms with Crippen molar-refractivity contribution < 1.29 is 14.3 Å². The molecule has 0 bridgehead atoms. The number of thiazole rings is 1. The Bertz CT molecular complexity index is 918. The van der Waals surface area contributed by atoms with Crippen LogP contribution in [-0.2, 0) is 4.74 Å². The van der Waals surface area contributed by atoms with Gasteiger partial charge in [0.15, 0.2) is 0 Å². The third-order valence-electron chi connectivity index (χ3n) is 5.08. The minimum atomic E-state index is -0.479. The molecule has 0 spiro atoms. The van der Waals surface area contributed by atoms with Crippen molar-refractivity contribution in [3.05, 3.63) is 29.0 Å². The molecule has 1 N–H and O–H groups in total. The highest BCUT2D eigenvalue weighted by Gasteiger charge is 2.31. The number of unbranched alkanes of at least 4 members (excludes halogenated alkanes) is 1. The molecule has 1 aliphatic rings. The summed E-state index contributed by atoms with van der Waals surface area (Å²) in [6, 6.07) is 3.95. The van der Waals surface area contributed by atoms with Gasteiger partial charge >= 0.3 is 5.97 Å². The number of carbonyl (C=O) groups is 2. The summed E-state index contributed by atoms with van der Waals surface area (Å²) < 4.78 is 5.33. The lowest BCUT2D eigenvalue weighted by molar-refractivity contribution is 0.0499. The van der Waals surface area contributed by atoms with E-state index in [1.54, 1.807) is 6.20 Å². The number of ether oxygens (including phenoxy) is 1. The lowest BCUT2D eigenvalue weighted by Gasteiger charge is -2.21. The number of amides is 1. The number of esters is 1. The number of rotatable bonds is 7. The molecule has 1 fully saturated rings. The first-order valence-electron chi connectivity index (χ1n) is 10.9. The fraction of sp³-hybridized carbons (Fsp3) is 0.565. The largest absolute Gasteiger partial charge is 0.460 e. The number of hydrogen-bond donors (Lipinski definition) is 1. The summed E-state index contributed by atoms with van der Waals surface area (Å²) in [5.74, 6) is 0.133. The van der Waals surface area contributed by atoms with Crippen LogP contribution < -0.4 is 5.32 Å². The normalized spacial score (nSPS) is 16.4. The van der Waals surface area contributed by atoms with Crippen molar-refractivity contribution in [2.24, 2.45) is 0 Å². The summed E-state index contributed by atoms with van der Waals surface area (Å²) >= 11 is 1.19. The Labute approximate surface area is 188 Å². The zero-order chi connectivity index (χ0) is 22.6. The molecule has 1 amide bonds. The molecule has 2 aromatic heterocycles. The molecule has 1 saturated heterocycles. The molecular formula is C23H32N4O3S. The van der Waals surface area contributed by atoms with Crippen molar-refractivity contribution in [1.82, 2.24) is 14.9 Å². The molecule has 31 heavy (non-hydrogen) atoms. The highest BCUT2D eigenvalue weighted by molar-refractivity contribution is 7.17. The quantitative estimate of drug-likeness (QED) is 0.478. The number of carbonyl (C=O) groups excluding carboxylic acids is 2. The lowest BCUT2D eigenvalue weighted by Crippen LogP contribution is -2.34. The Morgan fingerprint density at radius 3 is 2.68 bits per heavy atom. The van der Waals surface area contributed by atoms with Crippen LogP contribution in [0.25, 0.3) is 10.4 Å². The minimum absolute atomic E-state index is 0.110. The second-order valence-corrected chi connectivity index (χ2v) is 9.98. The molecule has 0 aromatic carbocycles. The highest BCUT2D eigenvalue weighted by Crippen LogP contribution is 2.33. The van der Waals surface area contributed by atoms with Gasteiger partial charge in [-0.2, -0.15) is 0 Å². The Morgan fingerprint density at radius 1 is 1.32 bits per heavy atom. The zero-order valence-corrected chi connectivity index (χ0v) is 19.8. The van der Waals surface area contributed by atoms with Gasteiger partial charge in [-0.05, 0) is 59.1 Å². The van der Waals surface area contributed by atoms with Gasteiger partial charge in [0.25, 0.3) is 5.91 Å². The zero-order valence-electron chi connectivity index (χ0n) is 19.0. The molecule has 0 saturated carbocycles. The van der Waals surface area contributed by atoms with Gasteiger partial charge in [0.2, 0.25) is 5.01 Å². The average molecular weight is 445 g/mol. The maximum absolute atomic E-state index is 13.3. The highest BCUT2D eigenvalue weighted by atomic mass is 32.1. The topological polar surface area (TPSA) is 84.4 Å². The van der Waals surface area contributed by atoms with Crippen LogP contribution in [0, 0.1) is 0 Å². The van der Waals surface area contributed by atoms with Crippen LogP contribution in [0.5, 0.6) is 0 Å². The molecule has 3 rings (SSSR count). The molecule has 0 aliphatic carbocycles. The number of nitrogens with zero attached hydrogens (tertiary/aromatic N) is 3. The summed E-state index contributed by atoms with van der Waals surface area (Å²) in [6.45, 7) is 11.3. The maximum Gasteiger partial charge on any atom is 0.367 e. The SMILES string of the molecule is CCCCOC(=O)c1nc(C(=O)N2CCC[C@@H]2C)c(-c2ccc(NC(C)(C)C)nc2)s1. The predicted molar refractivity (Wildman–Crippen MR) is 124 cm³/mol. The standard InChI is InChI=1S/C23H32N4O3S/c1-6-7-13-30-22(29)20-25-18(21(28)27-12-8-9-15(27)2)19(31-20)16-10-11-17(24-14-16)26-23(3,4)5/h10-11,14-15H,6-9,12-13H2,1-5H3,(H,24,26)/t15-/m0/s1. The fourth-order valence-electron chi connectivity index (χ4n) is 3.48. The molecule has 2 aromatic rings. The Hall–Kier alpha value is -2.48. The Morgan fingerprint density at radius 2 is 2.10 bits per heavy atom. The van der Waals surface area contributed by atoms with E-state index in [2.05, 4.69) is 36.1 Å². The summed E-state index contributed by atoms with van der Waals surface area (Å²) in [4.78, 5) is 37.2. The summed E-state index contributed by atoms with van der Waals surface area (Å²) in [7, 11) is 0. The van der Waals surface area contributed by atoms with Crippen LogP contribution in [-0.4, -0.2) is 51.5 Å². The van der Waals surface area contributed by atoms with Gasteiger partial charge in [0, 0.05) is 29.9 Å². The fourth-order valence-corrected chi connectivity index (χ4v) is 4.42. The van der Waals surface area contributed by atoms with Gasteiger partial charge in [-0.1, -0.05) is 13.3 Å². The van der Waals surface area contributed by atoms with E-state index < -0.39 is 5.97 Å². The van der Waals surface area contributed by atoms with Gasteiger partial charge < -0.3 is 15.0 Å². The van der Waals surface area contributed by atoms with Crippen molar-refractivity contribution in [3.8, 4) is 10.4 Å². The number of anilines is 1. The first kappa shape index (κ1) is 23.2. The van der Waals surface area contributed by atoms with E-state index in [0.29, 0.717) is 23.7 Å². The summed E-state index contributed by atoms with van der Waals surface area (Å²) in [5, 5.41) is 3.53. The number of nitrogens with one attached hydrogen (secondary N) is 1. The van der Waals surface area contributed by atoms with E-state index in [0.717, 1.165) is 37.1 Å². The monoisotopic (exact) mass is 444 g/mol. The van der Waals surface area contributed by atoms with Crippen molar-refractivity contribution in [1.29, 1.82) is 0 Å². The summed E-state index contributed by atoms with van der Waals surface area (Å²) in [5.41, 5.74) is 0.959. The number of pyridine rings is 1. The minimum Gasteiger partial charge on any atom is -0.460 e. The van der Waals surface area contributed by atoms with Crippen molar-refractivity contribution in [3.63, 3.8) is 0 Å². The van der Waals surface area contributed by atoms with E-state index in [1.807, 2.05) is 30.9 Å². The van der Waals surface area contributed by atoms with Crippen LogP contribution in [0.15, 0.2) is 18.3 Å². The van der Waals surface area contributed by atoms with E-state index in [4.69, 9.17) is 4.74 Å². The first-order valence-corrected chi connectivity index (χ1v) is 11.7. The first-order chi connectivity index (χ1) is 14.7. The average Bonchev–Trinajstić information content (AvgIpc) is 3.34. The molecule has 8 heteroatoms. The predicted octanol–water partition coefficient (Wildman–Crippen LogP) is 5.00. The molecule has 168 valence electrons. The van der Waals surface area contributed by atoms with Gasteiger partial charge in [-0.3, -0.25) is 4.79 Å². The molecule has 0 radical (unpaired) electrons. The number of hydrogen-bond acceptors (Lipinski definition) is 7. The van der Waals surface area contributed by atoms with Crippen LogP contribution in [0.1, 0.15) is 80.6 Å². The molecule has 1 aliphatic heterocycles. The second-order valence-electron chi connectivity index (χ2n) is 8.98.